The molecule has 0 radical (unpaired) electrons. The topological polar surface area (TPSA) is 59.2 Å². The van der Waals surface area contributed by atoms with E-state index in [-0.39, 0.29) is 11.9 Å². The summed E-state index contributed by atoms with van der Waals surface area (Å²) in [6, 6.07) is 5.77. The van der Waals surface area contributed by atoms with Crippen LogP contribution in [0.5, 0.6) is 0 Å². The van der Waals surface area contributed by atoms with E-state index in [1.54, 1.807) is 18.5 Å². The molecule has 5 heteroatoms. The molecule has 2 aromatic heterocycles. The van der Waals surface area contributed by atoms with Crippen molar-refractivity contribution < 1.29 is 9.32 Å². The monoisotopic (exact) mass is 285 g/mol. The van der Waals surface area contributed by atoms with Crippen molar-refractivity contribution in [2.75, 3.05) is 6.54 Å². The van der Waals surface area contributed by atoms with Gasteiger partial charge in [0.15, 0.2) is 0 Å². The van der Waals surface area contributed by atoms with Crippen molar-refractivity contribution in [1.82, 2.24) is 15.0 Å². The summed E-state index contributed by atoms with van der Waals surface area (Å²) in [6.45, 7) is 2.58. The Bertz CT molecular complexity index is 609. The first kappa shape index (κ1) is 13.8. The number of aromatic nitrogens is 2. The Labute approximate surface area is 124 Å². The highest BCUT2D eigenvalue weighted by molar-refractivity contribution is 5.91. The van der Waals surface area contributed by atoms with Crippen LogP contribution in [0, 0.1) is 6.92 Å². The Hall–Kier alpha value is -2.17. The van der Waals surface area contributed by atoms with Crippen molar-refractivity contribution in [2.45, 2.75) is 38.6 Å². The first-order valence-electron chi connectivity index (χ1n) is 7.40. The Morgan fingerprint density at radius 2 is 2.10 bits per heavy atom. The zero-order valence-corrected chi connectivity index (χ0v) is 12.2. The van der Waals surface area contributed by atoms with Gasteiger partial charge in [-0.25, -0.2) is 0 Å². The van der Waals surface area contributed by atoms with Gasteiger partial charge in [0.25, 0.3) is 5.91 Å². The summed E-state index contributed by atoms with van der Waals surface area (Å²) in [4.78, 5) is 18.7. The van der Waals surface area contributed by atoms with Crippen molar-refractivity contribution in [2.24, 2.45) is 0 Å². The van der Waals surface area contributed by atoms with Gasteiger partial charge in [-0.05, 0) is 37.5 Å². The van der Waals surface area contributed by atoms with Crippen LogP contribution in [0.25, 0.3) is 0 Å². The van der Waals surface area contributed by atoms with Crippen LogP contribution in [0.3, 0.4) is 0 Å². The SMILES string of the molecule is Cc1cc(C(=O)N2CCCCCC2c2ccncc2)on1. The average molecular weight is 285 g/mol. The molecule has 3 rings (SSSR count). The van der Waals surface area contributed by atoms with Crippen LogP contribution < -0.4 is 0 Å². The van der Waals surface area contributed by atoms with E-state index in [9.17, 15) is 4.79 Å². The number of hydrogen-bond donors (Lipinski definition) is 0. The maximum Gasteiger partial charge on any atom is 0.292 e. The molecular weight excluding hydrogens is 266 g/mol. The van der Waals surface area contributed by atoms with Crippen LogP contribution in [0.4, 0.5) is 0 Å². The second kappa shape index (κ2) is 6.08. The molecule has 0 aromatic carbocycles. The second-order valence-corrected chi connectivity index (χ2v) is 5.48. The third-order valence-electron chi connectivity index (χ3n) is 3.94. The normalized spacial score (nSPS) is 19.3. The zero-order valence-electron chi connectivity index (χ0n) is 12.2. The minimum atomic E-state index is -0.0701. The minimum absolute atomic E-state index is 0.0701. The lowest BCUT2D eigenvalue weighted by atomic mass is 10.0. The van der Waals surface area contributed by atoms with Gasteiger partial charge in [0, 0.05) is 25.0 Å². The number of pyridine rings is 1. The predicted molar refractivity (Wildman–Crippen MR) is 77.7 cm³/mol. The van der Waals surface area contributed by atoms with Crippen LogP contribution >= 0.6 is 0 Å². The lowest BCUT2D eigenvalue weighted by Crippen LogP contribution is -2.34. The van der Waals surface area contributed by atoms with Crippen LogP contribution in [0.1, 0.15) is 53.5 Å². The van der Waals surface area contributed by atoms with E-state index in [2.05, 4.69) is 10.1 Å². The Morgan fingerprint density at radius 3 is 2.81 bits per heavy atom. The summed E-state index contributed by atoms with van der Waals surface area (Å²) in [5.74, 6) is 0.257. The standard InChI is InChI=1S/C16H19N3O2/c1-12-11-15(21-18-12)16(20)19-10-4-2-3-5-14(19)13-6-8-17-9-7-13/h6-9,11,14H,2-5,10H2,1H3. The van der Waals surface area contributed by atoms with Crippen molar-refractivity contribution in [1.29, 1.82) is 0 Å². The van der Waals surface area contributed by atoms with Gasteiger partial charge >= 0.3 is 0 Å². The molecule has 0 aliphatic carbocycles. The molecular formula is C16H19N3O2. The fraction of sp³-hybridized carbons (Fsp3) is 0.438. The van der Waals surface area contributed by atoms with Gasteiger partial charge < -0.3 is 9.42 Å². The highest BCUT2D eigenvalue weighted by Gasteiger charge is 2.29. The summed E-state index contributed by atoms with van der Waals surface area (Å²) in [5, 5.41) is 3.82. The van der Waals surface area contributed by atoms with Gasteiger partial charge in [-0.3, -0.25) is 9.78 Å². The molecule has 1 amide bonds. The number of carbonyl (C=O) groups excluding carboxylic acids is 1. The zero-order chi connectivity index (χ0) is 14.7. The molecule has 2 aromatic rings. The number of rotatable bonds is 2. The summed E-state index contributed by atoms with van der Waals surface area (Å²) in [6.07, 6.45) is 7.85. The van der Waals surface area contributed by atoms with Gasteiger partial charge in [0.05, 0.1) is 11.7 Å². The third kappa shape index (κ3) is 2.96. The van der Waals surface area contributed by atoms with Crippen molar-refractivity contribution in [3.8, 4) is 0 Å². The Balaban J connectivity index is 1.90. The van der Waals surface area contributed by atoms with E-state index >= 15 is 0 Å². The Morgan fingerprint density at radius 1 is 1.29 bits per heavy atom. The smallest absolute Gasteiger partial charge is 0.292 e. The molecule has 1 fully saturated rings. The molecule has 5 nitrogen and oxygen atoms in total. The van der Waals surface area contributed by atoms with Crippen molar-refractivity contribution in [3.05, 3.63) is 47.6 Å². The maximum absolute atomic E-state index is 12.7. The molecule has 1 unspecified atom stereocenters. The van der Waals surface area contributed by atoms with Gasteiger partial charge in [-0.1, -0.05) is 18.0 Å². The highest BCUT2D eigenvalue weighted by Crippen LogP contribution is 2.31. The van der Waals surface area contributed by atoms with E-state index < -0.39 is 0 Å². The summed E-state index contributed by atoms with van der Waals surface area (Å²) in [5.41, 5.74) is 1.87. The Kier molecular flexibility index (Phi) is 3.99. The highest BCUT2D eigenvalue weighted by atomic mass is 16.5. The molecule has 0 saturated carbocycles. The summed E-state index contributed by atoms with van der Waals surface area (Å²) in [7, 11) is 0. The maximum atomic E-state index is 12.7. The number of amides is 1. The quantitative estimate of drug-likeness (QED) is 0.850. The first-order valence-corrected chi connectivity index (χ1v) is 7.40. The van der Waals surface area contributed by atoms with Crippen LogP contribution in [-0.2, 0) is 0 Å². The number of aryl methyl sites for hydroxylation is 1. The van der Waals surface area contributed by atoms with E-state index in [1.165, 1.54) is 0 Å². The van der Waals surface area contributed by atoms with Crippen LogP contribution in [0.15, 0.2) is 35.1 Å². The van der Waals surface area contributed by atoms with Crippen molar-refractivity contribution in [3.63, 3.8) is 0 Å². The molecule has 1 atom stereocenters. The van der Waals surface area contributed by atoms with Gasteiger partial charge in [0.1, 0.15) is 0 Å². The molecule has 1 saturated heterocycles. The van der Waals surface area contributed by atoms with Crippen LogP contribution in [-0.4, -0.2) is 27.5 Å². The molecule has 0 N–H and O–H groups in total. The fourth-order valence-electron chi connectivity index (χ4n) is 2.89. The van der Waals surface area contributed by atoms with E-state index in [4.69, 9.17) is 4.52 Å². The molecule has 0 spiro atoms. The molecule has 1 aliphatic heterocycles. The van der Waals surface area contributed by atoms with Gasteiger partial charge in [-0.2, -0.15) is 0 Å². The number of likely N-dealkylation sites (tertiary alicyclic amines) is 1. The van der Waals surface area contributed by atoms with Crippen molar-refractivity contribution >= 4 is 5.91 Å². The molecule has 110 valence electrons. The van der Waals surface area contributed by atoms with Crippen LogP contribution in [0.2, 0.25) is 0 Å². The molecule has 1 aliphatic rings. The minimum Gasteiger partial charge on any atom is -0.351 e. The molecule has 3 heterocycles. The third-order valence-corrected chi connectivity index (χ3v) is 3.94. The number of nitrogens with zero attached hydrogens (tertiary/aromatic N) is 3. The number of carbonyl (C=O) groups is 1. The second-order valence-electron chi connectivity index (χ2n) is 5.48. The average Bonchev–Trinajstić information content (AvgIpc) is 2.81. The summed E-state index contributed by atoms with van der Waals surface area (Å²) >= 11 is 0. The summed E-state index contributed by atoms with van der Waals surface area (Å²) < 4.78 is 5.15. The lowest BCUT2D eigenvalue weighted by Gasteiger charge is -2.29. The molecule has 0 bridgehead atoms. The fourth-order valence-corrected chi connectivity index (χ4v) is 2.89. The van der Waals surface area contributed by atoms with E-state index in [1.807, 2.05) is 24.0 Å². The van der Waals surface area contributed by atoms with E-state index in [0.717, 1.165) is 43.5 Å². The predicted octanol–water partition coefficient (Wildman–Crippen LogP) is 3.14. The first-order chi connectivity index (χ1) is 10.3. The van der Waals surface area contributed by atoms with Gasteiger partial charge in [-0.15, -0.1) is 0 Å². The lowest BCUT2D eigenvalue weighted by molar-refractivity contribution is 0.0638. The largest absolute Gasteiger partial charge is 0.351 e. The van der Waals surface area contributed by atoms with E-state index in [0.29, 0.717) is 5.76 Å². The molecule has 21 heavy (non-hydrogen) atoms. The number of hydrogen-bond acceptors (Lipinski definition) is 4. The van der Waals surface area contributed by atoms with Gasteiger partial charge in [0.2, 0.25) is 5.76 Å².